The van der Waals surface area contributed by atoms with Crippen LogP contribution >= 0.6 is 0 Å². The number of carbonyl (C=O) groups excluding carboxylic acids is 2. The second-order valence-corrected chi connectivity index (χ2v) is 3.30. The van der Waals surface area contributed by atoms with Crippen LogP contribution in [0.5, 0.6) is 0 Å². The number of hydrogen-bond donors (Lipinski definition) is 0. The Hall–Kier alpha value is -0.860. The van der Waals surface area contributed by atoms with Crippen LogP contribution in [0.1, 0.15) is 25.7 Å². The van der Waals surface area contributed by atoms with Crippen LogP contribution in [0.3, 0.4) is 0 Å². The maximum atomic E-state index is 11.0. The lowest BCUT2D eigenvalue weighted by Crippen LogP contribution is -2.59. The smallest absolute Gasteiger partial charge is 0.323 e. The summed E-state index contributed by atoms with van der Waals surface area (Å²) in [6, 6.07) is 0. The molecule has 0 radical (unpaired) electrons. The van der Waals surface area contributed by atoms with E-state index in [0.29, 0.717) is 6.42 Å². The molecular weight excluding hydrogens is 144 g/mol. The van der Waals surface area contributed by atoms with Crippen molar-refractivity contribution in [3.63, 3.8) is 0 Å². The van der Waals surface area contributed by atoms with Gasteiger partial charge in [-0.1, -0.05) is 6.42 Å². The first-order valence-electron chi connectivity index (χ1n) is 3.97. The van der Waals surface area contributed by atoms with Crippen molar-refractivity contribution in [1.82, 2.24) is 0 Å². The lowest BCUT2D eigenvalue weighted by Gasteiger charge is -2.45. The van der Waals surface area contributed by atoms with Crippen LogP contribution in [0.25, 0.3) is 0 Å². The van der Waals surface area contributed by atoms with E-state index in [1.54, 1.807) is 0 Å². The third-order valence-electron chi connectivity index (χ3n) is 2.72. The fourth-order valence-electron chi connectivity index (χ4n) is 1.93. The Balaban J connectivity index is 2.23. The van der Waals surface area contributed by atoms with E-state index in [1.165, 1.54) is 0 Å². The van der Waals surface area contributed by atoms with Crippen LogP contribution in [-0.4, -0.2) is 18.4 Å². The van der Waals surface area contributed by atoms with Gasteiger partial charge in [-0.25, -0.2) is 0 Å². The third kappa shape index (κ3) is 0.682. The minimum Gasteiger partial charge on any atom is -0.460 e. The Morgan fingerprint density at radius 1 is 1.55 bits per heavy atom. The molecule has 0 aromatic heterocycles. The largest absolute Gasteiger partial charge is 0.460 e. The van der Waals surface area contributed by atoms with E-state index >= 15 is 0 Å². The number of fused-ring (bicyclic) bond motifs is 1. The summed E-state index contributed by atoms with van der Waals surface area (Å²) < 4.78 is 4.87. The van der Waals surface area contributed by atoms with Crippen LogP contribution in [-0.2, 0) is 14.3 Å². The summed E-state index contributed by atoms with van der Waals surface area (Å²) in [6.45, 7) is 0. The average molecular weight is 154 g/mol. The van der Waals surface area contributed by atoms with E-state index in [4.69, 9.17) is 4.74 Å². The Morgan fingerprint density at radius 3 is 2.82 bits per heavy atom. The van der Waals surface area contributed by atoms with Gasteiger partial charge in [0.25, 0.3) is 0 Å². The van der Waals surface area contributed by atoms with Crippen molar-refractivity contribution < 1.29 is 14.3 Å². The van der Waals surface area contributed by atoms with E-state index in [9.17, 15) is 9.59 Å². The first-order valence-corrected chi connectivity index (χ1v) is 3.97. The first kappa shape index (κ1) is 6.83. The summed E-state index contributed by atoms with van der Waals surface area (Å²) in [6.07, 6.45) is 4.30. The summed E-state index contributed by atoms with van der Waals surface area (Å²) in [5, 5.41) is 0. The Morgan fingerprint density at radius 2 is 2.36 bits per heavy atom. The molecule has 3 nitrogen and oxygen atoms in total. The van der Waals surface area contributed by atoms with Crippen molar-refractivity contribution in [2.45, 2.75) is 31.8 Å². The normalized spacial score (nSPS) is 41.8. The second-order valence-electron chi connectivity index (χ2n) is 3.30. The molecule has 0 N–H and O–H groups in total. The van der Waals surface area contributed by atoms with E-state index in [0.717, 1.165) is 25.5 Å². The number of ether oxygens (including phenoxy) is 1. The zero-order valence-corrected chi connectivity index (χ0v) is 6.21. The molecule has 11 heavy (non-hydrogen) atoms. The summed E-state index contributed by atoms with van der Waals surface area (Å²) >= 11 is 0. The number of rotatable bonds is 1. The topological polar surface area (TPSA) is 43.4 Å². The van der Waals surface area contributed by atoms with Crippen LogP contribution in [0, 0.1) is 5.41 Å². The molecule has 0 aromatic rings. The molecular formula is C8H10O3. The van der Waals surface area contributed by atoms with Crippen molar-refractivity contribution in [3.05, 3.63) is 0 Å². The van der Waals surface area contributed by atoms with Crippen molar-refractivity contribution in [2.75, 3.05) is 0 Å². The van der Waals surface area contributed by atoms with Gasteiger partial charge in [0, 0.05) is 0 Å². The molecule has 1 saturated carbocycles. The Bertz CT molecular complexity index is 211. The molecule has 2 unspecified atom stereocenters. The minimum atomic E-state index is -0.724. The van der Waals surface area contributed by atoms with Gasteiger partial charge >= 0.3 is 5.97 Å². The standard InChI is InChI=1S/C8H10O3/c9-5-8-4-2-1-3-6(8)11-7(8)10/h5-6H,1-4H2. The minimum absolute atomic E-state index is 0.0961. The number of aldehydes is 1. The summed E-state index contributed by atoms with van der Waals surface area (Å²) in [5.41, 5.74) is -0.724. The summed E-state index contributed by atoms with van der Waals surface area (Å²) in [7, 11) is 0. The molecule has 1 aliphatic carbocycles. The molecule has 0 bridgehead atoms. The highest BCUT2D eigenvalue weighted by Crippen LogP contribution is 2.45. The highest BCUT2D eigenvalue weighted by atomic mass is 16.6. The van der Waals surface area contributed by atoms with Gasteiger partial charge in [0.15, 0.2) is 5.41 Å². The van der Waals surface area contributed by atoms with Gasteiger partial charge < -0.3 is 9.53 Å². The Labute approximate surface area is 64.7 Å². The molecule has 2 aliphatic rings. The van der Waals surface area contributed by atoms with Gasteiger partial charge in [0.1, 0.15) is 12.4 Å². The molecule has 1 heterocycles. The zero-order valence-electron chi connectivity index (χ0n) is 6.21. The van der Waals surface area contributed by atoms with Gasteiger partial charge in [0.2, 0.25) is 0 Å². The molecule has 2 rings (SSSR count). The monoisotopic (exact) mass is 154 g/mol. The lowest BCUT2D eigenvalue weighted by atomic mass is 9.69. The molecule has 60 valence electrons. The SMILES string of the molecule is O=CC12CCCCC1OC2=O. The second kappa shape index (κ2) is 2.06. The molecule has 0 aromatic carbocycles. The van der Waals surface area contributed by atoms with Crippen LogP contribution in [0.4, 0.5) is 0 Å². The van der Waals surface area contributed by atoms with Crippen molar-refractivity contribution >= 4 is 12.3 Å². The molecule has 3 heteroatoms. The number of carbonyl (C=O) groups is 2. The van der Waals surface area contributed by atoms with Crippen molar-refractivity contribution in [1.29, 1.82) is 0 Å². The Kier molecular flexibility index (Phi) is 1.28. The van der Waals surface area contributed by atoms with Crippen molar-refractivity contribution in [3.8, 4) is 0 Å². The molecule has 1 aliphatic heterocycles. The van der Waals surface area contributed by atoms with Crippen LogP contribution < -0.4 is 0 Å². The average Bonchev–Trinajstić information content (AvgIpc) is 2.03. The van der Waals surface area contributed by atoms with Gasteiger partial charge in [-0.3, -0.25) is 4.79 Å². The van der Waals surface area contributed by atoms with E-state index < -0.39 is 5.41 Å². The fourth-order valence-corrected chi connectivity index (χ4v) is 1.93. The molecule has 0 spiro atoms. The molecule has 2 fully saturated rings. The highest BCUT2D eigenvalue weighted by Gasteiger charge is 2.58. The predicted molar refractivity (Wildman–Crippen MR) is 36.8 cm³/mol. The van der Waals surface area contributed by atoms with E-state index in [1.807, 2.05) is 0 Å². The maximum Gasteiger partial charge on any atom is 0.323 e. The predicted octanol–water partition coefficient (Wildman–Crippen LogP) is 0.671. The summed E-state index contributed by atoms with van der Waals surface area (Å²) in [4.78, 5) is 21.6. The molecule has 0 amide bonds. The quantitative estimate of drug-likeness (QED) is 0.317. The van der Waals surface area contributed by atoms with Gasteiger partial charge in [-0.15, -0.1) is 0 Å². The highest BCUT2D eigenvalue weighted by molar-refractivity contribution is 5.98. The van der Waals surface area contributed by atoms with Gasteiger partial charge in [0.05, 0.1) is 0 Å². The first-order chi connectivity index (χ1) is 5.29. The van der Waals surface area contributed by atoms with Gasteiger partial charge in [-0.05, 0) is 19.3 Å². The maximum absolute atomic E-state index is 11.0. The zero-order chi connectivity index (χ0) is 7.90. The van der Waals surface area contributed by atoms with Crippen LogP contribution in [0.2, 0.25) is 0 Å². The third-order valence-corrected chi connectivity index (χ3v) is 2.72. The molecule has 2 atom stereocenters. The van der Waals surface area contributed by atoms with Crippen LogP contribution in [0.15, 0.2) is 0 Å². The van der Waals surface area contributed by atoms with Gasteiger partial charge in [-0.2, -0.15) is 0 Å². The molecule has 1 saturated heterocycles. The summed E-state index contributed by atoms with van der Waals surface area (Å²) in [5.74, 6) is -0.308. The van der Waals surface area contributed by atoms with Crippen molar-refractivity contribution in [2.24, 2.45) is 5.41 Å². The van der Waals surface area contributed by atoms with E-state index in [2.05, 4.69) is 0 Å². The van der Waals surface area contributed by atoms with E-state index in [-0.39, 0.29) is 12.1 Å². The number of esters is 1. The fraction of sp³-hybridized carbons (Fsp3) is 0.750. The number of hydrogen-bond acceptors (Lipinski definition) is 3. The lowest BCUT2D eigenvalue weighted by molar-refractivity contribution is -0.209.